The predicted molar refractivity (Wildman–Crippen MR) is 86.0 cm³/mol. The minimum Gasteiger partial charge on any atom is -0.353 e. The van der Waals surface area contributed by atoms with E-state index >= 15 is 0 Å². The van der Waals surface area contributed by atoms with Gasteiger partial charge in [0.05, 0.1) is 5.69 Å². The zero-order chi connectivity index (χ0) is 14.8. The zero-order valence-electron chi connectivity index (χ0n) is 11.9. The molecule has 1 aliphatic rings. The van der Waals surface area contributed by atoms with Gasteiger partial charge in [-0.05, 0) is 41.8 Å². The number of aromatic nitrogens is 4. The molecule has 2 heterocycles. The summed E-state index contributed by atoms with van der Waals surface area (Å²) in [5.41, 5.74) is 7.36. The molecule has 1 atom stereocenters. The Kier molecular flexibility index (Phi) is 4.21. The molecule has 1 saturated carbocycles. The van der Waals surface area contributed by atoms with Crippen LogP contribution >= 0.6 is 15.9 Å². The number of nitrogens with one attached hydrogen (secondary N) is 2. The third kappa shape index (κ3) is 3.24. The number of halogens is 1. The van der Waals surface area contributed by atoms with Gasteiger partial charge in [0.25, 0.3) is 0 Å². The molecule has 0 unspecified atom stereocenters. The number of H-pyrrole nitrogens is 1. The summed E-state index contributed by atoms with van der Waals surface area (Å²) in [5, 5.41) is 3.13. The minimum atomic E-state index is 0.0552. The van der Waals surface area contributed by atoms with E-state index in [-0.39, 0.29) is 6.04 Å². The van der Waals surface area contributed by atoms with Crippen molar-refractivity contribution < 1.29 is 0 Å². The number of nitrogens with zero attached hydrogens (tertiary/aromatic N) is 3. The molecule has 21 heavy (non-hydrogen) atoms. The van der Waals surface area contributed by atoms with E-state index in [2.05, 4.69) is 36.2 Å². The number of hydrogen-bond acceptors (Lipinski definition) is 5. The van der Waals surface area contributed by atoms with E-state index in [1.807, 2.05) is 13.0 Å². The van der Waals surface area contributed by atoms with Crippen LogP contribution in [0.1, 0.15) is 37.9 Å². The molecule has 0 aliphatic heterocycles. The van der Waals surface area contributed by atoms with E-state index in [0.29, 0.717) is 18.4 Å². The van der Waals surface area contributed by atoms with Gasteiger partial charge < -0.3 is 16.0 Å². The highest BCUT2D eigenvalue weighted by molar-refractivity contribution is 9.10. The summed E-state index contributed by atoms with van der Waals surface area (Å²) in [6.07, 6.45) is 5.45. The van der Waals surface area contributed by atoms with Gasteiger partial charge in [-0.3, -0.25) is 0 Å². The summed E-state index contributed by atoms with van der Waals surface area (Å²) in [6, 6.07) is 1.92. The molecular formula is C14H19BrN6. The Labute approximate surface area is 132 Å². The molecule has 0 bridgehead atoms. The average Bonchev–Trinajstić information content (AvgIpc) is 2.76. The van der Waals surface area contributed by atoms with E-state index in [9.17, 15) is 0 Å². The monoisotopic (exact) mass is 350 g/mol. The maximum Gasteiger partial charge on any atom is 0.223 e. The van der Waals surface area contributed by atoms with Crippen molar-refractivity contribution in [1.29, 1.82) is 0 Å². The molecule has 7 heteroatoms. The van der Waals surface area contributed by atoms with Crippen molar-refractivity contribution >= 4 is 21.9 Å². The normalized spacial score (nSPS) is 16.5. The number of rotatable bonds is 5. The molecule has 6 nitrogen and oxygen atoms in total. The second kappa shape index (κ2) is 6.11. The SMILES string of the molecule is C[C@H](N)CNc1nccc(-c2nc(C3CCC3)[nH]c2Br)n1. The molecular weight excluding hydrogens is 332 g/mol. The standard InChI is InChI=1S/C14H19BrN6/c1-8(16)7-18-14-17-6-5-10(19-14)11-12(15)21-13(20-11)9-3-2-4-9/h5-6,8-9H,2-4,7,16H2,1H3,(H,20,21)(H,17,18,19)/t8-/m0/s1. The van der Waals surface area contributed by atoms with Crippen LogP contribution in [0.5, 0.6) is 0 Å². The lowest BCUT2D eigenvalue weighted by atomic mass is 9.85. The summed E-state index contributed by atoms with van der Waals surface area (Å²) in [5.74, 6) is 2.18. The van der Waals surface area contributed by atoms with Crippen LogP contribution < -0.4 is 11.1 Å². The summed E-state index contributed by atoms with van der Waals surface area (Å²) >= 11 is 3.54. The van der Waals surface area contributed by atoms with Crippen molar-refractivity contribution in [3.63, 3.8) is 0 Å². The van der Waals surface area contributed by atoms with E-state index in [0.717, 1.165) is 21.8 Å². The largest absolute Gasteiger partial charge is 0.353 e. The van der Waals surface area contributed by atoms with Crippen LogP contribution in [-0.2, 0) is 0 Å². The van der Waals surface area contributed by atoms with Crippen LogP contribution in [0.4, 0.5) is 5.95 Å². The highest BCUT2D eigenvalue weighted by Crippen LogP contribution is 2.37. The van der Waals surface area contributed by atoms with Crippen molar-refractivity contribution in [1.82, 2.24) is 19.9 Å². The maximum absolute atomic E-state index is 5.73. The number of imidazole rings is 1. The quantitative estimate of drug-likeness (QED) is 0.770. The van der Waals surface area contributed by atoms with Crippen LogP contribution in [0, 0.1) is 0 Å². The lowest BCUT2D eigenvalue weighted by molar-refractivity contribution is 0.404. The molecule has 0 aromatic carbocycles. The van der Waals surface area contributed by atoms with Crippen molar-refractivity contribution in [3.05, 3.63) is 22.7 Å². The van der Waals surface area contributed by atoms with Gasteiger partial charge in [0.2, 0.25) is 5.95 Å². The highest BCUT2D eigenvalue weighted by Gasteiger charge is 2.24. The minimum absolute atomic E-state index is 0.0552. The van der Waals surface area contributed by atoms with Gasteiger partial charge >= 0.3 is 0 Å². The van der Waals surface area contributed by atoms with E-state index < -0.39 is 0 Å². The van der Waals surface area contributed by atoms with Gasteiger partial charge in [-0.1, -0.05) is 6.42 Å². The van der Waals surface area contributed by atoms with Gasteiger partial charge in [-0.15, -0.1) is 0 Å². The van der Waals surface area contributed by atoms with Gasteiger partial charge in [0, 0.05) is 24.7 Å². The third-order valence-corrected chi connectivity index (χ3v) is 4.22. The first-order chi connectivity index (χ1) is 10.1. The summed E-state index contributed by atoms with van der Waals surface area (Å²) in [4.78, 5) is 16.7. The van der Waals surface area contributed by atoms with Gasteiger partial charge in [0.1, 0.15) is 16.1 Å². The number of aromatic amines is 1. The Hall–Kier alpha value is -1.47. The maximum atomic E-state index is 5.73. The van der Waals surface area contributed by atoms with E-state index in [4.69, 9.17) is 10.7 Å². The molecule has 0 radical (unpaired) electrons. The lowest BCUT2D eigenvalue weighted by Crippen LogP contribution is -2.25. The Morgan fingerprint density at radius 1 is 1.48 bits per heavy atom. The van der Waals surface area contributed by atoms with Crippen LogP contribution in [-0.4, -0.2) is 32.5 Å². The van der Waals surface area contributed by atoms with E-state index in [1.165, 1.54) is 19.3 Å². The van der Waals surface area contributed by atoms with Gasteiger partial charge in [-0.25, -0.2) is 15.0 Å². The van der Waals surface area contributed by atoms with Crippen LogP contribution in [0.2, 0.25) is 0 Å². The van der Waals surface area contributed by atoms with Crippen LogP contribution in [0.3, 0.4) is 0 Å². The predicted octanol–water partition coefficient (Wildman–Crippen LogP) is 2.66. The number of hydrogen-bond donors (Lipinski definition) is 3. The van der Waals surface area contributed by atoms with E-state index in [1.54, 1.807) is 6.20 Å². The Morgan fingerprint density at radius 2 is 2.29 bits per heavy atom. The van der Waals surface area contributed by atoms with Crippen molar-refractivity contribution in [2.45, 2.75) is 38.1 Å². The second-order valence-corrected chi connectivity index (χ2v) is 6.33. The Bertz CT molecular complexity index is 620. The molecule has 2 aromatic rings. The molecule has 2 aromatic heterocycles. The van der Waals surface area contributed by atoms with Crippen molar-refractivity contribution in [2.75, 3.05) is 11.9 Å². The zero-order valence-corrected chi connectivity index (χ0v) is 13.5. The Morgan fingerprint density at radius 3 is 2.95 bits per heavy atom. The van der Waals surface area contributed by atoms with Crippen molar-refractivity contribution in [2.24, 2.45) is 5.73 Å². The number of nitrogens with two attached hydrogens (primary N) is 1. The fourth-order valence-corrected chi connectivity index (χ4v) is 2.74. The first-order valence-corrected chi connectivity index (χ1v) is 8.01. The molecule has 112 valence electrons. The summed E-state index contributed by atoms with van der Waals surface area (Å²) in [7, 11) is 0. The first kappa shape index (κ1) is 14.5. The molecule has 0 saturated heterocycles. The second-order valence-electron chi connectivity index (χ2n) is 5.54. The van der Waals surface area contributed by atoms with Gasteiger partial charge in [-0.2, -0.15) is 0 Å². The number of anilines is 1. The topological polar surface area (TPSA) is 92.5 Å². The van der Waals surface area contributed by atoms with Gasteiger partial charge in [0.15, 0.2) is 0 Å². The molecule has 1 aliphatic carbocycles. The summed E-state index contributed by atoms with van der Waals surface area (Å²) in [6.45, 7) is 2.57. The smallest absolute Gasteiger partial charge is 0.223 e. The highest BCUT2D eigenvalue weighted by atomic mass is 79.9. The fourth-order valence-electron chi connectivity index (χ4n) is 2.24. The van der Waals surface area contributed by atoms with Crippen molar-refractivity contribution in [3.8, 4) is 11.4 Å². The first-order valence-electron chi connectivity index (χ1n) is 7.21. The molecule has 3 rings (SSSR count). The van der Waals surface area contributed by atoms with Crippen LogP contribution in [0.25, 0.3) is 11.4 Å². The lowest BCUT2D eigenvalue weighted by Gasteiger charge is -2.22. The summed E-state index contributed by atoms with van der Waals surface area (Å²) < 4.78 is 0.876. The van der Waals surface area contributed by atoms with Crippen LogP contribution in [0.15, 0.2) is 16.9 Å². The third-order valence-electron chi connectivity index (χ3n) is 3.65. The Balaban J connectivity index is 1.82. The molecule has 1 fully saturated rings. The molecule has 0 amide bonds. The molecule has 4 N–H and O–H groups in total. The fraction of sp³-hybridized carbons (Fsp3) is 0.500. The average molecular weight is 351 g/mol. The molecule has 0 spiro atoms.